The van der Waals surface area contributed by atoms with Gasteiger partial charge in [0.2, 0.25) is 0 Å². The van der Waals surface area contributed by atoms with Crippen LogP contribution in [0.15, 0.2) is 0 Å². The van der Waals surface area contributed by atoms with Crippen molar-refractivity contribution in [2.75, 3.05) is 0 Å². The van der Waals surface area contributed by atoms with Crippen molar-refractivity contribution in [2.24, 2.45) is 0 Å². The second-order valence-corrected chi connectivity index (χ2v) is 25.0. The predicted molar refractivity (Wildman–Crippen MR) is 258 cm³/mol. The molecule has 0 heteroatoms. The first-order chi connectivity index (χ1) is 30.9. The average molecular weight is 749 g/mol. The molecule has 34 rings (SSSR count). The smallest absolute Gasteiger partial charge is 0.0265 e. The quantitative estimate of drug-likeness (QED) is 0.136. The zero-order valence-corrected chi connectivity index (χ0v) is 31.4. The van der Waals surface area contributed by atoms with Gasteiger partial charge in [0.1, 0.15) is 0 Å². The van der Waals surface area contributed by atoms with E-state index in [1.54, 1.807) is 259 Å². The summed E-state index contributed by atoms with van der Waals surface area (Å²) < 4.78 is 0. The summed E-state index contributed by atoms with van der Waals surface area (Å²) in [5, 5.41) is 86.6. The van der Waals surface area contributed by atoms with Crippen molar-refractivity contribution < 1.29 is 0 Å². The molecule has 8 aliphatic rings. The lowest BCUT2D eigenvalue weighted by Gasteiger charge is -2.42. The maximum atomic E-state index is 1.92. The van der Waals surface area contributed by atoms with Gasteiger partial charge in [0.15, 0.2) is 0 Å². The summed E-state index contributed by atoms with van der Waals surface area (Å²) in [6.45, 7) is 0. The molecule has 0 bridgehead atoms. The molecule has 8 aliphatic carbocycles. The van der Waals surface area contributed by atoms with Crippen molar-refractivity contribution >= 4 is 269 Å². The van der Waals surface area contributed by atoms with E-state index >= 15 is 0 Å². The van der Waals surface area contributed by atoms with Crippen LogP contribution in [-0.4, -0.2) is 0 Å². The molecule has 252 valence electrons. The van der Waals surface area contributed by atoms with Gasteiger partial charge in [-0.2, -0.15) is 0 Å². The highest BCUT2D eigenvalue weighted by molar-refractivity contribution is 6.81. The van der Waals surface area contributed by atoms with Crippen LogP contribution in [-0.2, 0) is 21.7 Å². The van der Waals surface area contributed by atoms with Crippen LogP contribution in [0.2, 0.25) is 0 Å². The summed E-state index contributed by atoms with van der Waals surface area (Å²) in [5.41, 5.74) is 12.0. The molecule has 0 aliphatic heterocycles. The van der Waals surface area contributed by atoms with Crippen LogP contribution in [0, 0.1) is 0 Å². The second kappa shape index (κ2) is 4.28. The van der Waals surface area contributed by atoms with Crippen molar-refractivity contribution in [1.82, 2.24) is 0 Å². The van der Waals surface area contributed by atoms with Gasteiger partial charge in [0, 0.05) is 21.7 Å². The fourth-order valence-corrected chi connectivity index (χ4v) is 26.3. The molecule has 0 aromatic heterocycles. The van der Waals surface area contributed by atoms with E-state index in [2.05, 4.69) is 0 Å². The van der Waals surface area contributed by atoms with E-state index in [1.165, 1.54) is 12.8 Å². The number of benzene rings is 16. The molecule has 2 saturated carbocycles. The highest BCUT2D eigenvalue weighted by atomic mass is 15.0. The largest absolute Gasteiger partial charge is 0.0340 e. The van der Waals surface area contributed by atoms with Crippen molar-refractivity contribution in [3.05, 3.63) is 33.4 Å². The third-order valence-corrected chi connectivity index (χ3v) is 25.8. The van der Waals surface area contributed by atoms with Crippen LogP contribution in [0.4, 0.5) is 0 Å². The highest BCUT2D eigenvalue weighted by Crippen LogP contribution is 3.01. The van der Waals surface area contributed by atoms with Crippen LogP contribution in [0.1, 0.15) is 46.2 Å². The molecule has 4 unspecified atom stereocenters. The molecule has 4 spiro atoms. The van der Waals surface area contributed by atoms with Crippen molar-refractivity contribution in [3.8, 4) is 0 Å². The fourth-order valence-electron chi connectivity index (χ4n) is 26.3. The Labute approximate surface area is 335 Å². The maximum Gasteiger partial charge on any atom is 0.0340 e. The molecule has 26 aromatic rings. The average Bonchev–Trinajstić information content (AvgIpc) is 4.02. The second-order valence-electron chi connectivity index (χ2n) is 25.0. The van der Waals surface area contributed by atoms with Gasteiger partial charge in [-0.05, 0) is 316 Å². The van der Waals surface area contributed by atoms with Gasteiger partial charge in [0.25, 0.3) is 0 Å². The SMILES string of the molecule is C1C23c4c5c6c7c8c9c%10c%11c%12c%13c(c%14c2c2c%15c4c6c4c6c%15c%15c2c2c%14c%14c%13c%13c%12c%12c%10c%10c8c8c7c4c4c6c6c%15c7c2c%14c2c%13c%13c%12c%10c%10c8c4c4c%10c%13c2c7c64)C13C%111CC591. The van der Waals surface area contributed by atoms with Crippen LogP contribution in [0.25, 0.3) is 269 Å². The van der Waals surface area contributed by atoms with E-state index < -0.39 is 0 Å². The highest BCUT2D eigenvalue weighted by Gasteiger charge is 2.98. The summed E-state index contributed by atoms with van der Waals surface area (Å²) in [5.74, 6) is 0. The van der Waals surface area contributed by atoms with E-state index in [0.29, 0.717) is 0 Å². The number of rotatable bonds is 0. The normalized spacial score (nSPS) is 29.4. The standard InChI is InChI=1S/C62H4/c1-59-53-45-36-26-17-9-3-4-6-8-7-5(3)13(17)20-22-15(7)19-16(8)23-21-14(6)18-10(4)12-11(9)24-28-25(12)30-27(18)37-33(21)41-35(23)39-31(19)38-34(22)40(32(20)36)51(53)55-49(38)50(39)56-52(41)54-46(37)43(30)48-44(28)47(42(45)29(24)26)57(59)58(48)60(54)2-62(56,60)61(1,55)59/h1-2H2. The number of hydrogen-bond donors (Lipinski definition) is 0. The van der Waals surface area contributed by atoms with Crippen LogP contribution >= 0.6 is 0 Å². The third kappa shape index (κ3) is 0.938. The van der Waals surface area contributed by atoms with Crippen molar-refractivity contribution in [3.63, 3.8) is 0 Å². The van der Waals surface area contributed by atoms with E-state index in [4.69, 9.17) is 0 Å². The fraction of sp³-hybridized carbons (Fsp3) is 0.0968. The monoisotopic (exact) mass is 748 g/mol. The molecule has 4 atom stereocenters. The Morgan fingerprint density at radius 1 is 0.129 bits per heavy atom. The molecule has 0 amide bonds. The minimum atomic E-state index is 0.111. The summed E-state index contributed by atoms with van der Waals surface area (Å²) in [7, 11) is 0. The van der Waals surface area contributed by atoms with E-state index in [1.807, 2.05) is 44.2 Å². The maximum absolute atomic E-state index is 1.92. The third-order valence-electron chi connectivity index (χ3n) is 25.8. The molecule has 0 saturated heterocycles. The molecule has 62 heavy (non-hydrogen) atoms. The first-order valence-corrected chi connectivity index (χ1v) is 23.9. The van der Waals surface area contributed by atoms with Gasteiger partial charge < -0.3 is 0 Å². The lowest BCUT2D eigenvalue weighted by atomic mass is 9.58. The Morgan fingerprint density at radius 2 is 0.274 bits per heavy atom. The molecule has 0 heterocycles. The summed E-state index contributed by atoms with van der Waals surface area (Å²) in [6.07, 6.45) is 2.74. The van der Waals surface area contributed by atoms with Crippen molar-refractivity contribution in [1.29, 1.82) is 0 Å². The summed E-state index contributed by atoms with van der Waals surface area (Å²) >= 11 is 0. The topological polar surface area (TPSA) is 0 Å². The van der Waals surface area contributed by atoms with Crippen LogP contribution in [0.3, 0.4) is 0 Å². The molecular weight excluding hydrogens is 745 g/mol. The van der Waals surface area contributed by atoms with Crippen LogP contribution in [0.5, 0.6) is 0 Å². The van der Waals surface area contributed by atoms with Crippen LogP contribution < -0.4 is 0 Å². The minimum Gasteiger partial charge on any atom is -0.0265 e. The van der Waals surface area contributed by atoms with Crippen molar-refractivity contribution in [2.45, 2.75) is 34.5 Å². The zero-order valence-electron chi connectivity index (χ0n) is 31.4. The Morgan fingerprint density at radius 3 is 0.500 bits per heavy atom. The van der Waals surface area contributed by atoms with E-state index in [-0.39, 0.29) is 21.7 Å². The Kier molecular flexibility index (Phi) is 1.45. The molecule has 0 nitrogen and oxygen atoms in total. The lowest BCUT2D eigenvalue weighted by Crippen LogP contribution is -2.42. The van der Waals surface area contributed by atoms with Gasteiger partial charge in [0.05, 0.1) is 0 Å². The molecule has 2 fully saturated rings. The Bertz CT molecular complexity index is 6640. The minimum absolute atomic E-state index is 0.111. The summed E-state index contributed by atoms with van der Waals surface area (Å²) in [4.78, 5) is 0. The first-order valence-electron chi connectivity index (χ1n) is 23.9. The number of hydrogen-bond acceptors (Lipinski definition) is 0. The zero-order chi connectivity index (χ0) is 35.7. The van der Waals surface area contributed by atoms with E-state index in [0.717, 1.165) is 0 Å². The van der Waals surface area contributed by atoms with Gasteiger partial charge in [-0.25, -0.2) is 0 Å². The first kappa shape index (κ1) is 21.0. The van der Waals surface area contributed by atoms with Gasteiger partial charge in [-0.3, -0.25) is 0 Å². The van der Waals surface area contributed by atoms with E-state index in [9.17, 15) is 0 Å². The lowest BCUT2D eigenvalue weighted by molar-refractivity contribution is 0.424. The molecule has 0 radical (unpaired) electrons. The Balaban J connectivity index is 1.29. The predicted octanol–water partition coefficient (Wildman–Crippen LogP) is 16.0. The molecule has 26 aromatic carbocycles. The van der Waals surface area contributed by atoms with Gasteiger partial charge in [-0.1, -0.05) is 0 Å². The van der Waals surface area contributed by atoms with Gasteiger partial charge >= 0.3 is 0 Å². The molecular formula is C62H4. The molecule has 0 N–H and O–H groups in total. The summed E-state index contributed by atoms with van der Waals surface area (Å²) in [6, 6.07) is 0. The Hall–Kier alpha value is -7.28. The van der Waals surface area contributed by atoms with Gasteiger partial charge in [-0.15, -0.1) is 0 Å².